The Morgan fingerprint density at radius 3 is 2.47 bits per heavy atom. The number of halogens is 1. The fourth-order valence-electron chi connectivity index (χ4n) is 3.62. The minimum Gasteiger partial charge on any atom is -0.147 e. The number of anilines is 1. The number of para-hydroxylation sites is 1. The molecule has 0 radical (unpaired) electrons. The van der Waals surface area contributed by atoms with Gasteiger partial charge in [-0.2, -0.15) is 0 Å². The minimum absolute atomic E-state index is 0. The van der Waals surface area contributed by atoms with Crippen molar-refractivity contribution in [3.63, 3.8) is 0 Å². The van der Waals surface area contributed by atoms with Gasteiger partial charge in [0.2, 0.25) is 0 Å². The van der Waals surface area contributed by atoms with E-state index in [0.717, 1.165) is 22.4 Å². The number of carbonyl (C=O) groups is 2. The standard InChI is InChI=1S/C26H24AsNO5.ClH/c1-31-24-15-17(13-20-19-5-3-4-6-22(19)28-25(20)29)9-12-23(24)33-18-10-7-16(8-11-18)14-21(27)26(30)32-2;/h3-13,15,21H,14,27H2,1-2H3,(H,28,29);1H. The molecule has 176 valence electrons. The van der Waals surface area contributed by atoms with Gasteiger partial charge in [0.05, 0.1) is 0 Å². The molecule has 2 atom stereocenters. The average molecular weight is 542 g/mol. The summed E-state index contributed by atoms with van der Waals surface area (Å²) < 4.78 is 16.2. The van der Waals surface area contributed by atoms with Crippen LogP contribution in [-0.2, 0) is 20.7 Å². The summed E-state index contributed by atoms with van der Waals surface area (Å²) in [6.07, 6.45) is 2.46. The summed E-state index contributed by atoms with van der Waals surface area (Å²) in [5.74, 6) is 1.45. The molecule has 3 aromatic carbocycles. The number of ether oxygens (including phenoxy) is 3. The van der Waals surface area contributed by atoms with E-state index in [1.807, 2.05) is 72.8 Å². The van der Waals surface area contributed by atoms with Gasteiger partial charge < -0.3 is 5.32 Å². The second-order valence-corrected chi connectivity index (χ2v) is 9.24. The van der Waals surface area contributed by atoms with Crippen molar-refractivity contribution in [2.24, 2.45) is 0 Å². The Morgan fingerprint density at radius 1 is 1.03 bits per heavy atom. The zero-order valence-electron chi connectivity index (χ0n) is 18.7. The molecule has 1 heterocycles. The van der Waals surface area contributed by atoms with Crippen LogP contribution in [-0.4, -0.2) is 42.9 Å². The van der Waals surface area contributed by atoms with E-state index < -0.39 is 0 Å². The van der Waals surface area contributed by atoms with Crippen molar-refractivity contribution in [3.05, 3.63) is 83.4 Å². The molecule has 0 saturated carbocycles. The number of rotatable bonds is 7. The van der Waals surface area contributed by atoms with Gasteiger partial charge in [0.15, 0.2) is 0 Å². The van der Waals surface area contributed by atoms with Crippen LogP contribution >= 0.6 is 12.4 Å². The third-order valence-corrected chi connectivity index (χ3v) is 6.39. The van der Waals surface area contributed by atoms with Crippen LogP contribution in [0.25, 0.3) is 11.6 Å². The van der Waals surface area contributed by atoms with Crippen LogP contribution in [0.3, 0.4) is 0 Å². The second kappa shape index (κ2) is 11.3. The molecular weight excluding hydrogens is 517 g/mol. The predicted octanol–water partition coefficient (Wildman–Crippen LogP) is 4.54. The summed E-state index contributed by atoms with van der Waals surface area (Å²) in [5, 5.41) is 2.88. The number of benzene rings is 3. The summed E-state index contributed by atoms with van der Waals surface area (Å²) in [7, 11) is 2.98. The topological polar surface area (TPSA) is 73.9 Å². The van der Waals surface area contributed by atoms with Gasteiger partial charge in [-0.15, -0.1) is 12.4 Å². The van der Waals surface area contributed by atoms with Gasteiger partial charge in [0.25, 0.3) is 5.91 Å². The molecule has 8 heteroatoms. The van der Waals surface area contributed by atoms with Crippen LogP contribution in [0.5, 0.6) is 17.2 Å². The van der Waals surface area contributed by atoms with E-state index in [1.54, 1.807) is 7.11 Å². The number of fused-ring (bicyclic) bond motifs is 1. The van der Waals surface area contributed by atoms with Crippen LogP contribution in [0.1, 0.15) is 16.7 Å². The zero-order valence-corrected chi connectivity index (χ0v) is 22.0. The smallest absolute Gasteiger partial charge is 0.147 e. The third-order valence-electron chi connectivity index (χ3n) is 5.32. The molecule has 0 aromatic heterocycles. The molecule has 2 unspecified atom stereocenters. The van der Waals surface area contributed by atoms with Gasteiger partial charge in [0, 0.05) is 16.8 Å². The molecule has 3 aromatic rings. The minimum atomic E-state index is -0.200. The Morgan fingerprint density at radius 2 is 1.76 bits per heavy atom. The van der Waals surface area contributed by atoms with Gasteiger partial charge in [-0.3, -0.25) is 4.79 Å². The van der Waals surface area contributed by atoms with Crippen molar-refractivity contribution < 1.29 is 23.8 Å². The number of nitrogens with one attached hydrogen (secondary N) is 1. The summed E-state index contributed by atoms with van der Waals surface area (Å²) in [6.45, 7) is 0. The largest absolute Gasteiger partial charge is 0.147 e. The first kappa shape index (κ1) is 25.4. The van der Waals surface area contributed by atoms with Crippen LogP contribution < -0.4 is 14.8 Å². The van der Waals surface area contributed by atoms with Crippen molar-refractivity contribution in [2.75, 3.05) is 19.5 Å². The maximum Gasteiger partial charge on any atom is -0.147 e. The zero-order chi connectivity index (χ0) is 23.4. The van der Waals surface area contributed by atoms with Crippen LogP contribution in [0.15, 0.2) is 66.7 Å². The van der Waals surface area contributed by atoms with Crippen LogP contribution in [0.4, 0.5) is 5.69 Å². The molecule has 0 saturated heterocycles. The fraction of sp³-hybridized carbons (Fsp3) is 0.154. The number of methoxy groups -OCH3 is 2. The first-order chi connectivity index (χ1) is 16.0. The molecule has 34 heavy (non-hydrogen) atoms. The molecule has 1 aliphatic heterocycles. The Balaban J connectivity index is 0.00000324. The molecule has 0 aliphatic carbocycles. The van der Waals surface area contributed by atoms with E-state index >= 15 is 0 Å². The van der Waals surface area contributed by atoms with Crippen molar-refractivity contribution in [1.29, 1.82) is 0 Å². The molecule has 4 rings (SSSR count). The van der Waals surface area contributed by atoms with Crippen molar-refractivity contribution in [3.8, 4) is 17.2 Å². The normalized spacial score (nSPS) is 14.0. The van der Waals surface area contributed by atoms with E-state index in [4.69, 9.17) is 14.2 Å². The van der Waals surface area contributed by atoms with E-state index in [-0.39, 0.29) is 29.0 Å². The summed E-state index contributed by atoms with van der Waals surface area (Å²) in [5.41, 5.74) is 4.16. The number of esters is 1. The molecule has 0 fully saturated rings. The van der Waals surface area contributed by atoms with Crippen molar-refractivity contribution in [1.82, 2.24) is 0 Å². The van der Waals surface area contributed by atoms with Gasteiger partial charge in [-0.25, -0.2) is 0 Å². The van der Waals surface area contributed by atoms with Crippen molar-refractivity contribution in [2.45, 2.75) is 11.1 Å². The fourth-order valence-corrected chi connectivity index (χ4v) is 4.47. The maximum absolute atomic E-state index is 12.4. The predicted molar refractivity (Wildman–Crippen MR) is 138 cm³/mol. The first-order valence-electron chi connectivity index (χ1n) is 10.4. The number of hydrogen-bond acceptors (Lipinski definition) is 5. The Labute approximate surface area is 213 Å². The SMILES string of the molecule is COC(=O)C([AsH2])Cc1ccc(Oc2ccc(C=C3C(=O)Nc4ccccc43)cc2OC)cc1.Cl. The monoisotopic (exact) mass is 541 g/mol. The molecular formula is C26H25AsClNO5. The first-order valence-corrected chi connectivity index (χ1v) is 11.8. The number of carbonyl (C=O) groups excluding carboxylic acids is 2. The average Bonchev–Trinajstić information content (AvgIpc) is 3.15. The van der Waals surface area contributed by atoms with E-state index in [9.17, 15) is 9.59 Å². The molecule has 6 nitrogen and oxygen atoms in total. The van der Waals surface area contributed by atoms with Crippen LogP contribution in [0, 0.1) is 0 Å². The van der Waals surface area contributed by atoms with Crippen molar-refractivity contribution >= 4 is 58.5 Å². The van der Waals surface area contributed by atoms with Gasteiger partial charge in [-0.05, 0) is 6.07 Å². The molecule has 0 bridgehead atoms. The summed E-state index contributed by atoms with van der Waals surface area (Å²) in [6, 6.07) is 20.7. The Bertz CT molecular complexity index is 1230. The van der Waals surface area contributed by atoms with E-state index in [0.29, 0.717) is 29.2 Å². The second-order valence-electron chi connectivity index (χ2n) is 7.55. The third kappa shape index (κ3) is 5.64. The maximum atomic E-state index is 12.4. The molecule has 1 aliphatic rings. The van der Waals surface area contributed by atoms with Gasteiger partial charge in [0.1, 0.15) is 0 Å². The van der Waals surface area contributed by atoms with E-state index in [1.165, 1.54) is 24.0 Å². The van der Waals surface area contributed by atoms with Gasteiger partial charge in [-0.1, -0.05) is 18.2 Å². The summed E-state index contributed by atoms with van der Waals surface area (Å²) in [4.78, 5) is 24.0. The molecule has 0 spiro atoms. The number of amides is 1. The number of hydrogen-bond donors (Lipinski definition) is 1. The molecule has 1 amide bonds. The summed E-state index contributed by atoms with van der Waals surface area (Å²) >= 11 is 1.34. The van der Waals surface area contributed by atoms with E-state index in [2.05, 4.69) is 5.32 Å². The Hall–Kier alpha value is -3.21. The quantitative estimate of drug-likeness (QED) is 0.270. The van der Waals surface area contributed by atoms with Crippen LogP contribution in [0.2, 0.25) is 4.71 Å². The van der Waals surface area contributed by atoms with Gasteiger partial charge >= 0.3 is 144 Å². The molecule has 1 N–H and O–H groups in total. The Kier molecular flexibility index (Phi) is 8.43.